The predicted molar refractivity (Wildman–Crippen MR) is 131 cm³/mol. The molecule has 0 aliphatic carbocycles. The number of rotatable bonds is 5. The first kappa shape index (κ1) is 26.9. The molecule has 3 heterocycles. The van der Waals surface area contributed by atoms with Gasteiger partial charge < -0.3 is 30.3 Å². The fraction of sp³-hybridized carbons (Fsp3) is 0.440. The zero-order chi connectivity index (χ0) is 28.0. The normalized spacial score (nSPS) is 26.3. The van der Waals surface area contributed by atoms with Gasteiger partial charge in [0.25, 0.3) is 0 Å². The molecule has 3 aliphatic heterocycles. The van der Waals surface area contributed by atoms with Crippen LogP contribution in [0.2, 0.25) is 0 Å². The Balaban J connectivity index is 1.28. The van der Waals surface area contributed by atoms with Crippen LogP contribution >= 0.6 is 0 Å². The van der Waals surface area contributed by atoms with Crippen LogP contribution in [0.15, 0.2) is 47.5 Å². The van der Waals surface area contributed by atoms with E-state index in [1.54, 1.807) is 6.21 Å². The number of urea groups is 1. The SMILES string of the molecule is CN1c2ccc(NC(=O)NC3CCC=NC3Oc3ccccc3C3(C(F)(F)F)CCO3)cc2NC1C(F)(F)F. The highest BCUT2D eigenvalue weighted by Crippen LogP contribution is 2.52. The van der Waals surface area contributed by atoms with Crippen molar-refractivity contribution in [3.8, 4) is 5.75 Å². The summed E-state index contributed by atoms with van der Waals surface area (Å²) in [5.41, 5.74) is -1.87. The van der Waals surface area contributed by atoms with Gasteiger partial charge in [0.05, 0.1) is 24.0 Å². The van der Waals surface area contributed by atoms with Crippen molar-refractivity contribution in [2.75, 3.05) is 29.2 Å². The first-order chi connectivity index (χ1) is 18.4. The van der Waals surface area contributed by atoms with E-state index in [0.717, 1.165) is 4.90 Å². The average molecular weight is 557 g/mol. The molecule has 4 unspecified atom stereocenters. The van der Waals surface area contributed by atoms with Crippen molar-refractivity contribution in [1.29, 1.82) is 0 Å². The van der Waals surface area contributed by atoms with Gasteiger partial charge >= 0.3 is 18.4 Å². The summed E-state index contributed by atoms with van der Waals surface area (Å²) in [6.45, 7) is -0.0366. The van der Waals surface area contributed by atoms with Crippen molar-refractivity contribution in [1.82, 2.24) is 5.32 Å². The number of anilines is 3. The average Bonchev–Trinajstić information content (AvgIpc) is 3.16. The molecule has 3 N–H and O–H groups in total. The lowest BCUT2D eigenvalue weighted by atomic mass is 9.85. The second-order valence-corrected chi connectivity index (χ2v) is 9.47. The number of para-hydroxylation sites is 1. The lowest BCUT2D eigenvalue weighted by Crippen LogP contribution is -2.53. The Hall–Kier alpha value is -3.68. The van der Waals surface area contributed by atoms with E-state index in [9.17, 15) is 31.1 Å². The van der Waals surface area contributed by atoms with Crippen molar-refractivity contribution in [3.05, 3.63) is 48.0 Å². The summed E-state index contributed by atoms with van der Waals surface area (Å²) in [7, 11) is 1.31. The van der Waals surface area contributed by atoms with Crippen LogP contribution in [0, 0.1) is 0 Å². The van der Waals surface area contributed by atoms with E-state index >= 15 is 0 Å². The van der Waals surface area contributed by atoms with E-state index in [0.29, 0.717) is 18.5 Å². The van der Waals surface area contributed by atoms with Crippen LogP contribution in [-0.2, 0) is 10.3 Å². The molecule has 2 aromatic carbocycles. The highest BCUT2D eigenvalue weighted by Gasteiger charge is 2.62. The molecule has 5 rings (SSSR count). The van der Waals surface area contributed by atoms with Gasteiger partial charge in [0.2, 0.25) is 6.23 Å². The Morgan fingerprint density at radius 3 is 2.59 bits per heavy atom. The van der Waals surface area contributed by atoms with Gasteiger partial charge in [0.1, 0.15) is 5.75 Å². The Labute approximate surface area is 219 Å². The number of amides is 2. The minimum absolute atomic E-state index is 0.0366. The fourth-order valence-electron chi connectivity index (χ4n) is 4.92. The van der Waals surface area contributed by atoms with Gasteiger partial charge in [0.15, 0.2) is 11.8 Å². The molecule has 2 amide bonds. The van der Waals surface area contributed by atoms with Crippen molar-refractivity contribution >= 4 is 29.3 Å². The number of carbonyl (C=O) groups excluding carboxylic acids is 1. The molecule has 0 saturated carbocycles. The number of hydrogen-bond acceptors (Lipinski definition) is 6. The summed E-state index contributed by atoms with van der Waals surface area (Å²) in [6.07, 6.45) is -9.84. The lowest BCUT2D eigenvalue weighted by molar-refractivity contribution is -0.334. The quantitative estimate of drug-likeness (QED) is 0.430. The number of fused-ring (bicyclic) bond motifs is 1. The standard InChI is InChI=1S/C25H25F6N5O3/c1-36-18-9-8-14(13-17(18)34-21(36)24(26,27)28)33-22(37)35-16-6-4-11-32-20(16)39-19-7-3-2-5-15(19)23(10-12-38-23)25(29,30)31/h2-3,5,7-9,11,13,16,20-21,34H,4,6,10,12H2,1H3,(H2,33,35,37). The number of nitrogens with one attached hydrogen (secondary N) is 3. The number of hydrogen-bond donors (Lipinski definition) is 3. The lowest BCUT2D eigenvalue weighted by Gasteiger charge is -2.44. The maximum Gasteiger partial charge on any atom is 0.427 e. The van der Waals surface area contributed by atoms with Gasteiger partial charge in [-0.1, -0.05) is 18.2 Å². The third-order valence-corrected chi connectivity index (χ3v) is 6.97. The van der Waals surface area contributed by atoms with Gasteiger partial charge in [0, 0.05) is 30.9 Å². The Morgan fingerprint density at radius 2 is 1.92 bits per heavy atom. The van der Waals surface area contributed by atoms with E-state index in [2.05, 4.69) is 20.9 Å². The third kappa shape index (κ3) is 5.04. The molecule has 39 heavy (non-hydrogen) atoms. The molecule has 8 nitrogen and oxygen atoms in total. The van der Waals surface area contributed by atoms with Gasteiger partial charge in [-0.25, -0.2) is 4.79 Å². The van der Waals surface area contributed by atoms with Gasteiger partial charge in [-0.05, 0) is 37.1 Å². The maximum atomic E-state index is 13.9. The van der Waals surface area contributed by atoms with Gasteiger partial charge in [-0.2, -0.15) is 26.3 Å². The molecule has 210 valence electrons. The molecule has 1 fully saturated rings. The monoisotopic (exact) mass is 557 g/mol. The summed E-state index contributed by atoms with van der Waals surface area (Å²) in [4.78, 5) is 18.1. The molecule has 0 radical (unpaired) electrons. The summed E-state index contributed by atoms with van der Waals surface area (Å²) in [5.74, 6) is -0.0566. The van der Waals surface area contributed by atoms with Crippen LogP contribution in [0.3, 0.4) is 0 Å². The highest BCUT2D eigenvalue weighted by molar-refractivity contribution is 5.92. The second kappa shape index (κ2) is 9.81. The Kier molecular flexibility index (Phi) is 6.77. The number of halogens is 6. The van der Waals surface area contributed by atoms with Crippen molar-refractivity contribution in [2.24, 2.45) is 4.99 Å². The Bertz CT molecular complexity index is 1260. The molecule has 3 aliphatic rings. The first-order valence-electron chi connectivity index (χ1n) is 12.2. The van der Waals surface area contributed by atoms with Crippen LogP contribution in [0.25, 0.3) is 0 Å². The summed E-state index contributed by atoms with van der Waals surface area (Å²) >= 11 is 0. The van der Waals surface area contributed by atoms with E-state index in [1.165, 1.54) is 49.5 Å². The van der Waals surface area contributed by atoms with Gasteiger partial charge in [-0.15, -0.1) is 0 Å². The van der Waals surface area contributed by atoms with Crippen LogP contribution in [0.4, 0.5) is 48.2 Å². The molecule has 14 heteroatoms. The fourth-order valence-corrected chi connectivity index (χ4v) is 4.92. The molecule has 0 bridgehead atoms. The van der Waals surface area contributed by atoms with Crippen LogP contribution in [-0.4, -0.2) is 56.7 Å². The van der Waals surface area contributed by atoms with Crippen molar-refractivity contribution in [3.63, 3.8) is 0 Å². The molecule has 2 aromatic rings. The molecule has 0 spiro atoms. The van der Waals surface area contributed by atoms with Crippen molar-refractivity contribution < 1.29 is 40.6 Å². The Morgan fingerprint density at radius 1 is 1.18 bits per heavy atom. The molecular formula is C25H25F6N5O3. The summed E-state index contributed by atoms with van der Waals surface area (Å²) in [6, 6.07) is 8.63. The van der Waals surface area contributed by atoms with E-state index in [1.807, 2.05) is 0 Å². The van der Waals surface area contributed by atoms with Crippen LogP contribution < -0.4 is 25.6 Å². The maximum absolute atomic E-state index is 13.9. The number of nitrogens with zero attached hydrogens (tertiary/aromatic N) is 2. The van der Waals surface area contributed by atoms with E-state index in [4.69, 9.17) is 9.47 Å². The molecule has 1 saturated heterocycles. The molecule has 0 aromatic heterocycles. The number of carbonyl (C=O) groups is 1. The first-order valence-corrected chi connectivity index (χ1v) is 12.2. The zero-order valence-electron chi connectivity index (χ0n) is 20.6. The number of alkyl halides is 6. The minimum Gasteiger partial charge on any atom is -0.466 e. The topological polar surface area (TPSA) is 87.2 Å². The summed E-state index contributed by atoms with van der Waals surface area (Å²) < 4.78 is 92.4. The largest absolute Gasteiger partial charge is 0.466 e. The smallest absolute Gasteiger partial charge is 0.427 e. The molecular weight excluding hydrogens is 532 g/mol. The number of benzene rings is 2. The predicted octanol–water partition coefficient (Wildman–Crippen LogP) is 5.37. The zero-order valence-corrected chi connectivity index (χ0v) is 20.6. The molecule has 4 atom stereocenters. The van der Waals surface area contributed by atoms with Crippen LogP contribution in [0.5, 0.6) is 5.75 Å². The van der Waals surface area contributed by atoms with E-state index < -0.39 is 42.4 Å². The van der Waals surface area contributed by atoms with Gasteiger partial charge in [-0.3, -0.25) is 4.99 Å². The summed E-state index contributed by atoms with van der Waals surface area (Å²) in [5, 5.41) is 7.68. The number of ether oxygens (including phenoxy) is 2. The highest BCUT2D eigenvalue weighted by atomic mass is 19.4. The minimum atomic E-state index is -4.66. The van der Waals surface area contributed by atoms with Crippen molar-refractivity contribution in [2.45, 2.75) is 55.7 Å². The van der Waals surface area contributed by atoms with Crippen LogP contribution in [0.1, 0.15) is 24.8 Å². The van der Waals surface area contributed by atoms with E-state index in [-0.39, 0.29) is 35.7 Å². The third-order valence-electron chi connectivity index (χ3n) is 6.97. The second-order valence-electron chi connectivity index (χ2n) is 9.47. The number of aliphatic imine (C=N–C) groups is 1.